The number of amides is 1. The van der Waals surface area contributed by atoms with Crippen molar-refractivity contribution < 1.29 is 41.8 Å². The molecule has 19 heteroatoms. The Morgan fingerprint density at radius 1 is 0.878 bits per heavy atom. The summed E-state index contributed by atoms with van der Waals surface area (Å²) in [4.78, 5) is 67.9. The quantitative estimate of drug-likeness (QED) is 0.106. The van der Waals surface area contributed by atoms with Gasteiger partial charge in [0, 0.05) is 73.9 Å². The van der Waals surface area contributed by atoms with Gasteiger partial charge in [0.05, 0.1) is 30.2 Å². The number of nitrogens with zero attached hydrogens (tertiary/aromatic N) is 7. The molecule has 11 rings (SSSR count). The zero-order chi connectivity index (χ0) is 51.5. The average Bonchev–Trinajstić information content (AvgIpc) is 3.96. The van der Waals surface area contributed by atoms with E-state index in [4.69, 9.17) is 44.4 Å². The Hall–Kier alpha value is -7.51. The zero-order valence-corrected chi connectivity index (χ0v) is 42.6. The van der Waals surface area contributed by atoms with E-state index in [1.807, 2.05) is 60.4 Å². The molecule has 0 aliphatic carbocycles. The predicted octanol–water partition coefficient (Wildman–Crippen LogP) is 8.89. The molecule has 0 N–H and O–H groups in total. The monoisotopic (exact) mass is 1040 g/mol. The molecule has 0 radical (unpaired) electrons. The smallest absolute Gasteiger partial charge is 0.496 e. The van der Waals surface area contributed by atoms with Gasteiger partial charge in [-0.25, -0.2) is 33.9 Å². The van der Waals surface area contributed by atoms with Gasteiger partial charge in [0.1, 0.15) is 35.1 Å². The number of ether oxygens (including phenoxy) is 4. The van der Waals surface area contributed by atoms with Crippen LogP contribution in [0, 0.1) is 19.7 Å². The minimum Gasteiger partial charge on any atom is -0.496 e. The molecule has 0 spiro atoms. The molecule has 16 nitrogen and oxygen atoms in total. The Labute approximate surface area is 434 Å². The Kier molecular flexibility index (Phi) is 14.8. The summed E-state index contributed by atoms with van der Waals surface area (Å²) >= 11 is 8.74. The van der Waals surface area contributed by atoms with Crippen molar-refractivity contribution in [3.63, 3.8) is 0 Å². The van der Waals surface area contributed by atoms with E-state index in [9.17, 15) is 18.8 Å². The number of thiophene rings is 1. The summed E-state index contributed by atoms with van der Waals surface area (Å²) in [6, 6.07) is 24.7. The van der Waals surface area contributed by atoms with Crippen molar-refractivity contribution in [1.82, 2.24) is 34.6 Å². The zero-order valence-electron chi connectivity index (χ0n) is 41.1. The van der Waals surface area contributed by atoms with Crippen LogP contribution in [0.2, 0.25) is 5.02 Å². The SMILES string of the molecule is COc1ccccc1-c1nccc(COc2ccc3cc2C[C@H](C(=O)OCc2oc(=O)oc2C)Oc2ncnc4sc(-c5ccc(F)cc5)c(c24)-c2ccc(c(Cl)c2C)CN(CCN2CCN(C)CC2)C(=O)C3)n1. The first-order valence-corrected chi connectivity index (χ1v) is 25.2. The van der Waals surface area contributed by atoms with Gasteiger partial charge in [-0.3, -0.25) is 9.69 Å². The number of para-hydroxylation sites is 1. The molecule has 0 unspecified atom stereocenters. The van der Waals surface area contributed by atoms with Crippen LogP contribution < -0.4 is 20.0 Å². The topological polar surface area (TPSA) is 176 Å². The molecule has 1 amide bonds. The third kappa shape index (κ3) is 10.9. The van der Waals surface area contributed by atoms with Gasteiger partial charge in [-0.2, -0.15) is 0 Å². The van der Waals surface area contributed by atoms with Gasteiger partial charge in [0.15, 0.2) is 24.0 Å². The number of aromatic nitrogens is 4. The molecule has 8 aromatic rings. The number of benzene rings is 4. The predicted molar refractivity (Wildman–Crippen MR) is 276 cm³/mol. The molecule has 1 saturated heterocycles. The number of carbonyl (C=O) groups excluding carboxylic acids is 2. The largest absolute Gasteiger partial charge is 0.519 e. The molecule has 3 aliphatic rings. The third-order valence-electron chi connectivity index (χ3n) is 13.3. The van der Waals surface area contributed by atoms with E-state index in [-0.39, 0.29) is 49.3 Å². The molecule has 1 atom stereocenters. The Morgan fingerprint density at radius 2 is 1.69 bits per heavy atom. The van der Waals surface area contributed by atoms with Gasteiger partial charge in [-0.05, 0) is 90.7 Å². The molecule has 4 bridgehead atoms. The number of halogens is 2. The number of fused-ring (bicyclic) bond motifs is 7. The second-order valence-corrected chi connectivity index (χ2v) is 19.6. The highest BCUT2D eigenvalue weighted by atomic mass is 35.5. The summed E-state index contributed by atoms with van der Waals surface area (Å²) in [5.41, 5.74) is 5.96. The molecule has 7 heterocycles. The van der Waals surface area contributed by atoms with E-state index in [0.29, 0.717) is 84.7 Å². The number of hydrogen-bond donors (Lipinski definition) is 0. The van der Waals surface area contributed by atoms with Crippen molar-refractivity contribution >= 4 is 45.0 Å². The van der Waals surface area contributed by atoms with E-state index in [0.717, 1.165) is 42.2 Å². The van der Waals surface area contributed by atoms with Crippen molar-refractivity contribution in [3.05, 3.63) is 158 Å². The van der Waals surface area contributed by atoms with Crippen molar-refractivity contribution in [2.24, 2.45) is 0 Å². The summed E-state index contributed by atoms with van der Waals surface area (Å²) in [5.74, 6) is -0.649. The normalized spacial score (nSPS) is 15.5. The fourth-order valence-electron chi connectivity index (χ4n) is 9.18. The minimum atomic E-state index is -1.43. The molecular formula is C55H51ClFN7O9S. The second kappa shape index (κ2) is 21.9. The first kappa shape index (κ1) is 50.0. The molecule has 4 aromatic heterocycles. The first-order valence-electron chi connectivity index (χ1n) is 24.0. The third-order valence-corrected chi connectivity index (χ3v) is 15.0. The summed E-state index contributed by atoms with van der Waals surface area (Å²) in [7, 11) is 3.69. The number of esters is 1. The van der Waals surface area contributed by atoms with Gasteiger partial charge in [-0.15, -0.1) is 11.3 Å². The number of methoxy groups -OCH3 is 1. The summed E-state index contributed by atoms with van der Waals surface area (Å²) in [6.45, 7) is 7.98. The maximum atomic E-state index is 14.8. The van der Waals surface area contributed by atoms with E-state index >= 15 is 0 Å². The summed E-state index contributed by atoms with van der Waals surface area (Å²) in [6.07, 6.45) is 1.43. The number of likely N-dealkylation sites (N-methyl/N-ethyl adjacent to an activating group) is 1. The number of aryl methyl sites for hydroxylation is 1. The lowest BCUT2D eigenvalue weighted by Gasteiger charge is -2.34. The highest BCUT2D eigenvalue weighted by Gasteiger charge is 2.31. The second-order valence-electron chi connectivity index (χ2n) is 18.2. The van der Waals surface area contributed by atoms with Gasteiger partial charge < -0.3 is 37.6 Å². The number of hydrogen-bond acceptors (Lipinski definition) is 16. The van der Waals surface area contributed by atoms with Gasteiger partial charge in [-0.1, -0.05) is 60.1 Å². The van der Waals surface area contributed by atoms with Crippen LogP contribution in [0.3, 0.4) is 0 Å². The van der Waals surface area contributed by atoms with Crippen molar-refractivity contribution in [1.29, 1.82) is 0 Å². The molecule has 3 aliphatic heterocycles. The number of carbonyl (C=O) groups is 2. The van der Waals surface area contributed by atoms with Crippen LogP contribution >= 0.6 is 22.9 Å². The Bertz CT molecular complexity index is 3430. The van der Waals surface area contributed by atoms with E-state index in [2.05, 4.69) is 31.8 Å². The van der Waals surface area contributed by atoms with E-state index in [1.54, 1.807) is 37.6 Å². The van der Waals surface area contributed by atoms with Gasteiger partial charge in [0.2, 0.25) is 17.9 Å². The molecule has 74 heavy (non-hydrogen) atoms. The van der Waals surface area contributed by atoms with Crippen LogP contribution in [-0.4, -0.2) is 106 Å². The standard InChI is InChI=1S/C55H51ClFN7O9S/c1-32-40-15-12-36(49(32)56)28-64(24-23-63-21-19-62(3)20-22-63)46(65)26-34-9-16-42(69-29-39-17-18-58-51(61-39)41-7-5-6-8-43(41)68-4)37(25-34)27-44(54(66)70-30-45-33(2)71-55(67)73-45)72-52-48-47(40)50(74-53(48)60-31-59-52)35-10-13-38(57)14-11-35/h5-18,25,31,44H,19-24,26-30H2,1-4H3/t44-/m1/s1. The lowest BCUT2D eigenvalue weighted by Crippen LogP contribution is -2.47. The molecule has 4 aromatic carbocycles. The summed E-state index contributed by atoms with van der Waals surface area (Å²) < 4.78 is 49.5. The first-order chi connectivity index (χ1) is 35.9. The molecule has 0 saturated carbocycles. The highest BCUT2D eigenvalue weighted by Crippen LogP contribution is 2.49. The van der Waals surface area contributed by atoms with E-state index < -0.39 is 30.3 Å². The Balaban J connectivity index is 1.10. The number of rotatable bonds is 12. The molecule has 1 fully saturated rings. The lowest BCUT2D eigenvalue weighted by atomic mass is 9.94. The van der Waals surface area contributed by atoms with Crippen molar-refractivity contribution in [3.8, 4) is 50.3 Å². The molecule has 380 valence electrons. The van der Waals surface area contributed by atoms with Crippen LogP contribution in [0.1, 0.15) is 39.5 Å². The number of piperazine rings is 1. The average molecular weight is 1040 g/mol. The Morgan fingerprint density at radius 3 is 2.47 bits per heavy atom. The van der Waals surface area contributed by atoms with Crippen LogP contribution in [0.15, 0.2) is 111 Å². The van der Waals surface area contributed by atoms with Crippen LogP contribution in [-0.2, 0) is 46.9 Å². The van der Waals surface area contributed by atoms with Gasteiger partial charge in [0.25, 0.3) is 0 Å². The maximum absolute atomic E-state index is 14.8. The van der Waals surface area contributed by atoms with Crippen LogP contribution in [0.5, 0.6) is 17.4 Å². The molecular weight excluding hydrogens is 989 g/mol. The van der Waals surface area contributed by atoms with Crippen LogP contribution in [0.25, 0.3) is 43.2 Å². The minimum absolute atomic E-state index is 0.000916. The van der Waals surface area contributed by atoms with E-state index in [1.165, 1.54) is 36.7 Å². The van der Waals surface area contributed by atoms with Gasteiger partial charge >= 0.3 is 11.8 Å². The van der Waals surface area contributed by atoms with Crippen LogP contribution in [0.4, 0.5) is 4.39 Å². The van der Waals surface area contributed by atoms with Crippen molar-refractivity contribution in [2.45, 2.75) is 52.6 Å². The summed E-state index contributed by atoms with van der Waals surface area (Å²) in [5, 5.41) is 0.949. The lowest BCUT2D eigenvalue weighted by molar-refractivity contribution is -0.154. The highest BCUT2D eigenvalue weighted by molar-refractivity contribution is 7.22. The van der Waals surface area contributed by atoms with Crippen molar-refractivity contribution in [2.75, 3.05) is 53.4 Å². The fourth-order valence-corrected chi connectivity index (χ4v) is 10.6. The maximum Gasteiger partial charge on any atom is 0.519 e. The fraction of sp³-hybridized carbons (Fsp3) is 0.291.